The summed E-state index contributed by atoms with van der Waals surface area (Å²) in [5, 5.41) is 0. The summed E-state index contributed by atoms with van der Waals surface area (Å²) in [6, 6.07) is 18.5. The average Bonchev–Trinajstić information content (AvgIpc) is 2.97. The molecule has 2 aromatic rings. The Bertz CT molecular complexity index is 696. The van der Waals surface area contributed by atoms with Crippen molar-refractivity contribution in [2.75, 3.05) is 26.2 Å². The van der Waals surface area contributed by atoms with Crippen molar-refractivity contribution >= 4 is 23.2 Å². The molecule has 2 fully saturated rings. The van der Waals surface area contributed by atoms with Gasteiger partial charge < -0.3 is 4.74 Å². The van der Waals surface area contributed by atoms with Gasteiger partial charge in [0, 0.05) is 18.4 Å². The second-order valence-corrected chi connectivity index (χ2v) is 8.45. The van der Waals surface area contributed by atoms with Gasteiger partial charge in [-0.05, 0) is 49.2 Å². The van der Waals surface area contributed by atoms with Crippen LogP contribution in [0.4, 0.5) is 0 Å². The smallest absolute Gasteiger partial charge is 0.133 e. The van der Waals surface area contributed by atoms with E-state index in [1.165, 1.54) is 37.1 Å². The van der Waals surface area contributed by atoms with Crippen LogP contribution in [0.15, 0.2) is 54.6 Å². The molecule has 1 saturated heterocycles. The maximum Gasteiger partial charge on any atom is 0.133 e. The van der Waals surface area contributed by atoms with Gasteiger partial charge in [0.25, 0.3) is 0 Å². The Morgan fingerprint density at radius 1 is 0.880 bits per heavy atom. The number of halogens is 2. The number of nitrogens with zero attached hydrogens (tertiary/aromatic N) is 1. The van der Waals surface area contributed by atoms with Crippen LogP contribution in [0.1, 0.15) is 35.8 Å². The first kappa shape index (κ1) is 17.2. The van der Waals surface area contributed by atoms with Crippen molar-refractivity contribution in [1.29, 1.82) is 0 Å². The summed E-state index contributed by atoms with van der Waals surface area (Å²) >= 11 is 13.1. The second-order valence-electron chi connectivity index (χ2n) is 7.01. The Kier molecular flexibility index (Phi) is 4.95. The molecule has 25 heavy (non-hydrogen) atoms. The SMILES string of the molecule is ClC1(Cl)C(c2ccccc2)C1c1ccc(OCCN2CCCC2)cc1. The molecule has 0 spiro atoms. The van der Waals surface area contributed by atoms with E-state index in [1.807, 2.05) is 30.3 Å². The molecule has 0 N–H and O–H groups in total. The lowest BCUT2D eigenvalue weighted by molar-refractivity contribution is 0.238. The molecular weight excluding hydrogens is 353 g/mol. The van der Waals surface area contributed by atoms with Crippen molar-refractivity contribution in [3.63, 3.8) is 0 Å². The highest BCUT2D eigenvalue weighted by Crippen LogP contribution is 2.70. The van der Waals surface area contributed by atoms with Crippen LogP contribution >= 0.6 is 23.2 Å². The number of hydrogen-bond acceptors (Lipinski definition) is 2. The van der Waals surface area contributed by atoms with E-state index < -0.39 is 4.33 Å². The van der Waals surface area contributed by atoms with Crippen LogP contribution in [0.3, 0.4) is 0 Å². The average molecular weight is 376 g/mol. The first-order valence-electron chi connectivity index (χ1n) is 9.04. The molecule has 132 valence electrons. The maximum atomic E-state index is 6.57. The zero-order valence-electron chi connectivity index (χ0n) is 14.2. The van der Waals surface area contributed by atoms with E-state index >= 15 is 0 Å². The second kappa shape index (κ2) is 7.19. The van der Waals surface area contributed by atoms with Gasteiger partial charge in [0.2, 0.25) is 0 Å². The highest BCUT2D eigenvalue weighted by atomic mass is 35.5. The number of alkyl halides is 2. The summed E-state index contributed by atoms with van der Waals surface area (Å²) in [5.41, 5.74) is 2.37. The summed E-state index contributed by atoms with van der Waals surface area (Å²) in [7, 11) is 0. The molecule has 2 aromatic carbocycles. The standard InChI is InChI=1S/C21H23Cl2NO/c22-21(23)19(16-6-2-1-3-7-16)20(21)17-8-10-18(11-9-17)25-15-14-24-12-4-5-13-24/h1-3,6-11,19-20H,4-5,12-15H2. The lowest BCUT2D eigenvalue weighted by Gasteiger charge is -2.15. The monoisotopic (exact) mass is 375 g/mol. The molecule has 0 bridgehead atoms. The molecule has 1 aliphatic carbocycles. The highest BCUT2D eigenvalue weighted by Gasteiger charge is 2.64. The number of rotatable bonds is 6. The third-order valence-electron chi connectivity index (χ3n) is 5.33. The molecule has 1 saturated carbocycles. The number of ether oxygens (including phenoxy) is 1. The fourth-order valence-corrected chi connectivity index (χ4v) is 4.77. The Hall–Kier alpha value is -1.22. The van der Waals surface area contributed by atoms with Gasteiger partial charge in [-0.2, -0.15) is 0 Å². The Morgan fingerprint density at radius 3 is 2.12 bits per heavy atom. The van der Waals surface area contributed by atoms with Gasteiger partial charge in [-0.15, -0.1) is 23.2 Å². The predicted molar refractivity (Wildman–Crippen MR) is 104 cm³/mol. The van der Waals surface area contributed by atoms with Crippen molar-refractivity contribution in [3.05, 3.63) is 65.7 Å². The quantitative estimate of drug-likeness (QED) is 0.642. The lowest BCUT2D eigenvalue weighted by Crippen LogP contribution is -2.25. The van der Waals surface area contributed by atoms with E-state index in [1.54, 1.807) is 0 Å². The van der Waals surface area contributed by atoms with Gasteiger partial charge in [-0.1, -0.05) is 42.5 Å². The zero-order chi connectivity index (χ0) is 17.3. The zero-order valence-corrected chi connectivity index (χ0v) is 15.7. The van der Waals surface area contributed by atoms with Gasteiger partial charge in [0.15, 0.2) is 0 Å². The van der Waals surface area contributed by atoms with Crippen molar-refractivity contribution in [1.82, 2.24) is 4.90 Å². The van der Waals surface area contributed by atoms with Gasteiger partial charge >= 0.3 is 0 Å². The summed E-state index contributed by atoms with van der Waals surface area (Å²) in [6.45, 7) is 4.16. The highest BCUT2D eigenvalue weighted by molar-refractivity contribution is 6.52. The molecule has 2 unspecified atom stereocenters. The van der Waals surface area contributed by atoms with Crippen LogP contribution in [-0.2, 0) is 0 Å². The number of likely N-dealkylation sites (tertiary alicyclic amines) is 1. The van der Waals surface area contributed by atoms with Gasteiger partial charge in [-0.25, -0.2) is 0 Å². The predicted octanol–water partition coefficient (Wildman–Crippen LogP) is 5.22. The summed E-state index contributed by atoms with van der Waals surface area (Å²) in [4.78, 5) is 2.46. The fraction of sp³-hybridized carbons (Fsp3) is 0.429. The maximum absolute atomic E-state index is 6.57. The Balaban J connectivity index is 1.37. The van der Waals surface area contributed by atoms with Crippen LogP contribution in [-0.4, -0.2) is 35.5 Å². The van der Waals surface area contributed by atoms with Crippen LogP contribution in [0.2, 0.25) is 0 Å². The largest absolute Gasteiger partial charge is 0.492 e. The Morgan fingerprint density at radius 2 is 1.48 bits per heavy atom. The van der Waals surface area contributed by atoms with Crippen molar-refractivity contribution < 1.29 is 4.74 Å². The number of hydrogen-bond donors (Lipinski definition) is 0. The number of benzene rings is 2. The lowest BCUT2D eigenvalue weighted by atomic mass is 10.0. The van der Waals surface area contributed by atoms with E-state index in [0.29, 0.717) is 0 Å². The molecular formula is C21H23Cl2NO. The van der Waals surface area contributed by atoms with E-state index in [0.717, 1.165) is 18.9 Å². The van der Waals surface area contributed by atoms with Crippen LogP contribution in [0.5, 0.6) is 5.75 Å². The molecule has 0 amide bonds. The molecule has 4 heteroatoms. The molecule has 2 nitrogen and oxygen atoms in total. The third kappa shape index (κ3) is 3.67. The van der Waals surface area contributed by atoms with E-state index in [9.17, 15) is 0 Å². The van der Waals surface area contributed by atoms with Crippen molar-refractivity contribution in [2.24, 2.45) is 0 Å². The topological polar surface area (TPSA) is 12.5 Å². The third-order valence-corrected chi connectivity index (χ3v) is 6.27. The minimum Gasteiger partial charge on any atom is -0.492 e. The van der Waals surface area contributed by atoms with Crippen molar-refractivity contribution in [3.8, 4) is 5.75 Å². The fourth-order valence-electron chi connectivity index (χ4n) is 3.89. The van der Waals surface area contributed by atoms with E-state index in [4.69, 9.17) is 27.9 Å². The molecule has 1 heterocycles. The molecule has 1 aliphatic heterocycles. The molecule has 4 rings (SSSR count). The van der Waals surface area contributed by atoms with Crippen LogP contribution < -0.4 is 4.74 Å². The van der Waals surface area contributed by atoms with Gasteiger partial charge in [-0.3, -0.25) is 4.90 Å². The molecule has 2 aliphatic rings. The summed E-state index contributed by atoms with van der Waals surface area (Å²) in [5.74, 6) is 1.20. The van der Waals surface area contributed by atoms with E-state index in [2.05, 4.69) is 29.2 Å². The summed E-state index contributed by atoms with van der Waals surface area (Å²) in [6.07, 6.45) is 2.63. The first-order chi connectivity index (χ1) is 12.2. The molecule has 2 atom stereocenters. The Labute approximate surface area is 159 Å². The normalized spacial score (nSPS) is 25.0. The van der Waals surface area contributed by atoms with Crippen LogP contribution in [0, 0.1) is 0 Å². The van der Waals surface area contributed by atoms with Gasteiger partial charge in [0.1, 0.15) is 16.7 Å². The summed E-state index contributed by atoms with van der Waals surface area (Å²) < 4.78 is 5.16. The first-order valence-corrected chi connectivity index (χ1v) is 9.80. The van der Waals surface area contributed by atoms with Crippen LogP contribution in [0.25, 0.3) is 0 Å². The minimum absolute atomic E-state index is 0.136. The van der Waals surface area contributed by atoms with Crippen molar-refractivity contribution in [2.45, 2.75) is 29.0 Å². The molecule has 0 aromatic heterocycles. The molecule has 0 radical (unpaired) electrons. The minimum atomic E-state index is -0.723. The van der Waals surface area contributed by atoms with E-state index in [-0.39, 0.29) is 11.8 Å². The van der Waals surface area contributed by atoms with Gasteiger partial charge in [0.05, 0.1) is 0 Å².